The molecule has 6 heteroatoms. The van der Waals surface area contributed by atoms with Crippen molar-refractivity contribution in [3.05, 3.63) is 10.7 Å². The van der Waals surface area contributed by atoms with E-state index in [1.54, 1.807) is 0 Å². The lowest BCUT2D eigenvalue weighted by Crippen LogP contribution is -2.07. The summed E-state index contributed by atoms with van der Waals surface area (Å²) < 4.78 is 4.44. The number of ether oxygens (including phenoxy) is 1. The van der Waals surface area contributed by atoms with Gasteiger partial charge in [-0.05, 0) is 11.8 Å². The van der Waals surface area contributed by atoms with Crippen molar-refractivity contribution in [2.24, 2.45) is 5.73 Å². The third-order valence-electron chi connectivity index (χ3n) is 0.999. The Labute approximate surface area is 66.7 Å². The highest BCUT2D eigenvalue weighted by Gasteiger charge is 2.25. The second-order valence-electron chi connectivity index (χ2n) is 1.82. The molecule has 11 heavy (non-hydrogen) atoms. The zero-order chi connectivity index (χ0) is 8.43. The SMILES string of the molecule is N=C(N)SC1=C(O)COC1=O. The van der Waals surface area contributed by atoms with Gasteiger partial charge in [-0.25, -0.2) is 4.79 Å². The molecule has 1 heterocycles. The molecule has 0 atom stereocenters. The Morgan fingerprint density at radius 1 is 1.82 bits per heavy atom. The van der Waals surface area contributed by atoms with Gasteiger partial charge < -0.3 is 15.6 Å². The summed E-state index contributed by atoms with van der Waals surface area (Å²) in [6.07, 6.45) is 0. The van der Waals surface area contributed by atoms with Crippen LogP contribution >= 0.6 is 11.8 Å². The number of carbonyl (C=O) groups excluding carboxylic acids is 1. The van der Waals surface area contributed by atoms with Gasteiger partial charge in [0.05, 0.1) is 0 Å². The van der Waals surface area contributed by atoms with Crippen molar-refractivity contribution in [2.45, 2.75) is 0 Å². The largest absolute Gasteiger partial charge is 0.507 e. The summed E-state index contributed by atoms with van der Waals surface area (Å²) in [4.78, 5) is 10.7. The molecule has 60 valence electrons. The summed E-state index contributed by atoms with van der Waals surface area (Å²) >= 11 is 0.694. The second kappa shape index (κ2) is 2.83. The van der Waals surface area contributed by atoms with Gasteiger partial charge in [-0.3, -0.25) is 5.41 Å². The van der Waals surface area contributed by atoms with E-state index in [4.69, 9.17) is 16.2 Å². The topological polar surface area (TPSA) is 96.4 Å². The van der Waals surface area contributed by atoms with Crippen LogP contribution in [0.25, 0.3) is 0 Å². The molecule has 1 aliphatic heterocycles. The molecule has 0 radical (unpaired) electrons. The number of rotatable bonds is 1. The van der Waals surface area contributed by atoms with Crippen molar-refractivity contribution in [3.63, 3.8) is 0 Å². The summed E-state index contributed by atoms with van der Waals surface area (Å²) in [5.74, 6) is -0.780. The Hall–Kier alpha value is -1.17. The molecular formula is C5H6N2O3S. The maximum absolute atomic E-state index is 10.7. The Morgan fingerprint density at radius 2 is 2.45 bits per heavy atom. The molecule has 0 saturated heterocycles. The summed E-state index contributed by atoms with van der Waals surface area (Å²) in [7, 11) is 0. The molecule has 0 aromatic heterocycles. The molecule has 0 fully saturated rings. The van der Waals surface area contributed by atoms with Gasteiger partial charge in [0, 0.05) is 0 Å². The van der Waals surface area contributed by atoms with Gasteiger partial charge in [0.1, 0.15) is 11.5 Å². The van der Waals surface area contributed by atoms with Crippen molar-refractivity contribution in [1.82, 2.24) is 0 Å². The number of carbonyl (C=O) groups is 1. The summed E-state index contributed by atoms with van der Waals surface area (Å²) in [6.45, 7) is -0.117. The van der Waals surface area contributed by atoms with E-state index in [2.05, 4.69) is 4.74 Å². The van der Waals surface area contributed by atoms with Crippen LogP contribution < -0.4 is 5.73 Å². The third-order valence-corrected chi connectivity index (χ3v) is 1.83. The van der Waals surface area contributed by atoms with E-state index in [0.29, 0.717) is 11.8 Å². The number of nitrogens with two attached hydrogens (primary N) is 1. The molecule has 1 rings (SSSR count). The second-order valence-corrected chi connectivity index (χ2v) is 2.87. The van der Waals surface area contributed by atoms with E-state index in [-0.39, 0.29) is 22.4 Å². The van der Waals surface area contributed by atoms with Crippen LogP contribution in [0.1, 0.15) is 0 Å². The average Bonchev–Trinajstić information content (AvgIpc) is 2.18. The van der Waals surface area contributed by atoms with E-state index in [9.17, 15) is 4.79 Å². The molecule has 0 aromatic carbocycles. The van der Waals surface area contributed by atoms with E-state index in [1.165, 1.54) is 0 Å². The van der Waals surface area contributed by atoms with E-state index in [1.807, 2.05) is 0 Å². The Morgan fingerprint density at radius 3 is 2.82 bits per heavy atom. The van der Waals surface area contributed by atoms with Gasteiger partial charge in [-0.1, -0.05) is 0 Å². The molecule has 0 spiro atoms. The Balaban J connectivity index is 2.75. The van der Waals surface area contributed by atoms with Gasteiger partial charge in [-0.2, -0.15) is 0 Å². The molecule has 1 aliphatic rings. The van der Waals surface area contributed by atoms with Crippen molar-refractivity contribution in [3.8, 4) is 0 Å². The molecular weight excluding hydrogens is 168 g/mol. The Kier molecular flexibility index (Phi) is 2.04. The van der Waals surface area contributed by atoms with Crippen LogP contribution in [0.15, 0.2) is 10.7 Å². The van der Waals surface area contributed by atoms with Crippen molar-refractivity contribution in [1.29, 1.82) is 5.41 Å². The van der Waals surface area contributed by atoms with Crippen LogP contribution in [0, 0.1) is 5.41 Å². The maximum Gasteiger partial charge on any atom is 0.349 e. The van der Waals surface area contributed by atoms with Crippen LogP contribution in [-0.4, -0.2) is 22.9 Å². The molecule has 0 unspecified atom stereocenters. The first kappa shape index (κ1) is 7.93. The fourth-order valence-corrected chi connectivity index (χ4v) is 1.13. The van der Waals surface area contributed by atoms with Crippen LogP contribution in [0.3, 0.4) is 0 Å². The monoisotopic (exact) mass is 174 g/mol. The quantitative estimate of drug-likeness (QED) is 0.294. The van der Waals surface area contributed by atoms with Crippen molar-refractivity contribution < 1.29 is 14.6 Å². The minimum atomic E-state index is -0.622. The third kappa shape index (κ3) is 1.64. The number of esters is 1. The first-order valence-electron chi connectivity index (χ1n) is 2.72. The number of hydrogen-bond donors (Lipinski definition) is 3. The zero-order valence-corrected chi connectivity index (χ0v) is 6.27. The number of aliphatic hydroxyl groups is 1. The maximum atomic E-state index is 10.7. The lowest BCUT2D eigenvalue weighted by Gasteiger charge is -1.94. The first-order chi connectivity index (χ1) is 5.11. The number of aliphatic hydroxyl groups excluding tert-OH is 1. The highest BCUT2D eigenvalue weighted by atomic mass is 32.2. The normalized spacial score (nSPS) is 16.9. The first-order valence-corrected chi connectivity index (χ1v) is 3.54. The van der Waals surface area contributed by atoms with Gasteiger partial charge in [0.2, 0.25) is 0 Å². The number of hydrogen-bond acceptors (Lipinski definition) is 5. The van der Waals surface area contributed by atoms with Crippen molar-refractivity contribution >= 4 is 22.9 Å². The standard InChI is InChI=1S/C5H6N2O3S/c6-5(7)11-3-2(8)1-10-4(3)9/h8H,1H2,(H3,6,7). The predicted octanol–water partition coefficient (Wildman–Crippen LogP) is -0.0605. The average molecular weight is 174 g/mol. The number of nitrogens with one attached hydrogen (secondary N) is 1. The molecule has 0 aromatic rings. The smallest absolute Gasteiger partial charge is 0.349 e. The fourth-order valence-electron chi connectivity index (χ4n) is 0.593. The molecule has 4 N–H and O–H groups in total. The lowest BCUT2D eigenvalue weighted by atomic mass is 10.5. The Bertz CT molecular complexity index is 248. The van der Waals surface area contributed by atoms with Gasteiger partial charge in [-0.15, -0.1) is 0 Å². The zero-order valence-electron chi connectivity index (χ0n) is 5.46. The molecule has 0 bridgehead atoms. The highest BCUT2D eigenvalue weighted by molar-refractivity contribution is 8.17. The van der Waals surface area contributed by atoms with Crippen LogP contribution in [0.2, 0.25) is 0 Å². The van der Waals surface area contributed by atoms with Crippen molar-refractivity contribution in [2.75, 3.05) is 6.61 Å². The summed E-state index contributed by atoms with van der Waals surface area (Å²) in [6, 6.07) is 0. The highest BCUT2D eigenvalue weighted by Crippen LogP contribution is 2.24. The fraction of sp³-hybridized carbons (Fsp3) is 0.200. The molecule has 5 nitrogen and oxygen atoms in total. The van der Waals surface area contributed by atoms with E-state index in [0.717, 1.165) is 0 Å². The van der Waals surface area contributed by atoms with Gasteiger partial charge in [0.15, 0.2) is 10.9 Å². The minimum Gasteiger partial charge on any atom is -0.507 e. The summed E-state index contributed by atoms with van der Waals surface area (Å²) in [5.41, 5.74) is 4.99. The van der Waals surface area contributed by atoms with Crippen LogP contribution in [0.4, 0.5) is 0 Å². The van der Waals surface area contributed by atoms with E-state index < -0.39 is 5.97 Å². The molecule has 0 amide bonds. The van der Waals surface area contributed by atoms with E-state index >= 15 is 0 Å². The molecule has 0 aliphatic carbocycles. The number of thioether (sulfide) groups is 1. The minimum absolute atomic E-state index is 0.0116. The molecule has 0 saturated carbocycles. The lowest BCUT2D eigenvalue weighted by molar-refractivity contribution is -0.135. The number of cyclic esters (lactones) is 1. The van der Waals surface area contributed by atoms with Gasteiger partial charge >= 0.3 is 5.97 Å². The summed E-state index contributed by atoms with van der Waals surface area (Å²) in [5, 5.41) is 15.6. The van der Waals surface area contributed by atoms with Gasteiger partial charge in [0.25, 0.3) is 0 Å². The van der Waals surface area contributed by atoms with Crippen LogP contribution in [-0.2, 0) is 9.53 Å². The predicted molar refractivity (Wildman–Crippen MR) is 40.1 cm³/mol. The number of amidine groups is 1. The van der Waals surface area contributed by atoms with Crippen LogP contribution in [0.5, 0.6) is 0 Å².